The number of aromatic amines is 1. The van der Waals surface area contributed by atoms with Gasteiger partial charge in [0.2, 0.25) is 15.9 Å². The van der Waals surface area contributed by atoms with Crippen molar-refractivity contribution in [2.75, 3.05) is 32.0 Å². The van der Waals surface area contributed by atoms with E-state index in [0.29, 0.717) is 18.8 Å². The summed E-state index contributed by atoms with van der Waals surface area (Å²) in [6.45, 7) is 4.86. The number of nitrogens with zero attached hydrogens (tertiary/aromatic N) is 2. The van der Waals surface area contributed by atoms with Crippen molar-refractivity contribution in [2.45, 2.75) is 44.4 Å². The maximum atomic E-state index is 12.9. The fourth-order valence-corrected chi connectivity index (χ4v) is 4.76. The van der Waals surface area contributed by atoms with Gasteiger partial charge in [-0.15, -0.1) is 0 Å². The van der Waals surface area contributed by atoms with Gasteiger partial charge in [-0.25, -0.2) is 8.42 Å². The van der Waals surface area contributed by atoms with Gasteiger partial charge < -0.3 is 15.2 Å². The summed E-state index contributed by atoms with van der Waals surface area (Å²) in [5, 5.41) is 2.76. The van der Waals surface area contributed by atoms with Crippen LogP contribution in [-0.4, -0.2) is 61.1 Å². The number of H-pyrrole nitrogens is 1. The first-order valence-corrected chi connectivity index (χ1v) is 11.9. The van der Waals surface area contributed by atoms with Gasteiger partial charge in [0, 0.05) is 32.0 Å². The number of aromatic nitrogens is 1. The minimum Gasteiger partial charge on any atom is -0.356 e. The van der Waals surface area contributed by atoms with E-state index >= 15 is 0 Å². The van der Waals surface area contributed by atoms with Crippen LogP contribution in [0.15, 0.2) is 35.4 Å². The lowest BCUT2D eigenvalue weighted by atomic mass is 10.1. The summed E-state index contributed by atoms with van der Waals surface area (Å²) in [7, 11) is -2.58. The second kappa shape index (κ2) is 9.65. The quantitative estimate of drug-likeness (QED) is 0.712. The highest BCUT2D eigenvalue weighted by Crippen LogP contribution is 2.20. The van der Waals surface area contributed by atoms with Crippen LogP contribution in [0.4, 0.5) is 5.69 Å². The second-order valence-corrected chi connectivity index (χ2v) is 10.1. The number of carbonyl (C=O) groups is 2. The van der Waals surface area contributed by atoms with Crippen LogP contribution in [0.3, 0.4) is 0 Å². The first-order chi connectivity index (χ1) is 14.7. The molecule has 0 unspecified atom stereocenters. The van der Waals surface area contributed by atoms with E-state index < -0.39 is 15.9 Å². The molecule has 8 nitrogen and oxygen atoms in total. The zero-order valence-corrected chi connectivity index (χ0v) is 19.1. The SMILES string of the molecule is Cc1cccc(NC(=O)CN(C)S(=O)(=O)c2c[nH]c(C(=O)N3CCCCCC3)c2)c1C. The van der Waals surface area contributed by atoms with Crippen molar-refractivity contribution >= 4 is 27.5 Å². The third kappa shape index (κ3) is 5.34. The van der Waals surface area contributed by atoms with Gasteiger partial charge in [0.15, 0.2) is 0 Å². The highest BCUT2D eigenvalue weighted by Gasteiger charge is 2.27. The maximum Gasteiger partial charge on any atom is 0.270 e. The largest absolute Gasteiger partial charge is 0.356 e. The Balaban J connectivity index is 1.67. The Hall–Kier alpha value is -2.65. The van der Waals surface area contributed by atoms with Crippen LogP contribution in [0.5, 0.6) is 0 Å². The van der Waals surface area contributed by atoms with Crippen LogP contribution in [-0.2, 0) is 14.8 Å². The molecule has 0 atom stereocenters. The Bertz CT molecular complexity index is 1050. The molecule has 1 aliphatic heterocycles. The van der Waals surface area contributed by atoms with Crippen molar-refractivity contribution in [1.82, 2.24) is 14.2 Å². The number of carbonyl (C=O) groups excluding carboxylic acids is 2. The van der Waals surface area contributed by atoms with E-state index in [1.165, 1.54) is 19.3 Å². The predicted molar refractivity (Wildman–Crippen MR) is 120 cm³/mol. The van der Waals surface area contributed by atoms with Gasteiger partial charge in [0.1, 0.15) is 10.6 Å². The molecule has 0 aliphatic carbocycles. The third-order valence-corrected chi connectivity index (χ3v) is 7.51. The Morgan fingerprint density at radius 3 is 2.48 bits per heavy atom. The molecule has 1 fully saturated rings. The fourth-order valence-electron chi connectivity index (χ4n) is 3.63. The molecule has 0 saturated carbocycles. The van der Waals surface area contributed by atoms with Crippen molar-refractivity contribution in [2.24, 2.45) is 0 Å². The number of hydrogen-bond acceptors (Lipinski definition) is 4. The molecule has 2 aromatic rings. The third-order valence-electron chi connectivity index (χ3n) is 5.73. The number of rotatable bonds is 6. The highest BCUT2D eigenvalue weighted by molar-refractivity contribution is 7.89. The number of amides is 2. The monoisotopic (exact) mass is 446 g/mol. The normalized spacial score (nSPS) is 15.0. The lowest BCUT2D eigenvalue weighted by molar-refractivity contribution is -0.116. The number of likely N-dealkylation sites (N-methyl/N-ethyl adjacent to an activating group) is 1. The smallest absolute Gasteiger partial charge is 0.270 e. The van der Waals surface area contributed by atoms with Crippen LogP contribution < -0.4 is 5.32 Å². The number of nitrogens with one attached hydrogen (secondary N) is 2. The first-order valence-electron chi connectivity index (χ1n) is 10.5. The molecular formula is C22H30N4O4S. The summed E-state index contributed by atoms with van der Waals surface area (Å²) >= 11 is 0. The Morgan fingerprint density at radius 2 is 1.81 bits per heavy atom. The van der Waals surface area contributed by atoms with Gasteiger partial charge >= 0.3 is 0 Å². The molecule has 31 heavy (non-hydrogen) atoms. The van der Waals surface area contributed by atoms with E-state index in [1.54, 1.807) is 11.0 Å². The molecule has 1 aliphatic rings. The molecule has 0 spiro atoms. The lowest BCUT2D eigenvalue weighted by Crippen LogP contribution is -2.35. The van der Waals surface area contributed by atoms with Gasteiger partial charge in [-0.2, -0.15) is 4.31 Å². The fraction of sp³-hybridized carbons (Fsp3) is 0.455. The zero-order chi connectivity index (χ0) is 22.6. The first kappa shape index (κ1) is 23.0. The molecule has 3 rings (SSSR count). The summed E-state index contributed by atoms with van der Waals surface area (Å²) in [4.78, 5) is 29.7. The summed E-state index contributed by atoms with van der Waals surface area (Å²) in [6.07, 6.45) is 5.41. The zero-order valence-electron chi connectivity index (χ0n) is 18.3. The van der Waals surface area contributed by atoms with Gasteiger partial charge in [0.05, 0.1) is 6.54 Å². The van der Waals surface area contributed by atoms with Crippen molar-refractivity contribution in [1.29, 1.82) is 0 Å². The van der Waals surface area contributed by atoms with E-state index in [4.69, 9.17) is 0 Å². The molecule has 2 N–H and O–H groups in total. The van der Waals surface area contributed by atoms with Crippen LogP contribution in [0, 0.1) is 13.8 Å². The van der Waals surface area contributed by atoms with Gasteiger partial charge in [0.25, 0.3) is 5.91 Å². The van der Waals surface area contributed by atoms with Crippen LogP contribution >= 0.6 is 0 Å². The Morgan fingerprint density at radius 1 is 1.13 bits per heavy atom. The van der Waals surface area contributed by atoms with Gasteiger partial charge in [-0.3, -0.25) is 9.59 Å². The van der Waals surface area contributed by atoms with E-state index in [-0.39, 0.29) is 23.0 Å². The van der Waals surface area contributed by atoms with Crippen molar-refractivity contribution < 1.29 is 18.0 Å². The minimum absolute atomic E-state index is 0.0345. The van der Waals surface area contributed by atoms with E-state index in [1.807, 2.05) is 26.0 Å². The molecule has 1 aromatic carbocycles. The summed E-state index contributed by atoms with van der Waals surface area (Å²) in [6, 6.07) is 6.91. The standard InChI is InChI=1S/C22H30N4O4S/c1-16-9-8-10-19(17(16)2)24-21(27)15-25(3)31(29,30)18-13-20(23-14-18)22(28)26-11-6-4-5-7-12-26/h8-10,13-14,23H,4-7,11-12,15H2,1-3H3,(H,24,27). The van der Waals surface area contributed by atoms with Crippen molar-refractivity contribution in [3.63, 3.8) is 0 Å². The van der Waals surface area contributed by atoms with Gasteiger partial charge in [-0.1, -0.05) is 25.0 Å². The van der Waals surface area contributed by atoms with Crippen molar-refractivity contribution in [3.05, 3.63) is 47.3 Å². The number of anilines is 1. The van der Waals surface area contributed by atoms with Crippen LogP contribution in [0.25, 0.3) is 0 Å². The number of benzene rings is 1. The topological polar surface area (TPSA) is 103 Å². The van der Waals surface area contributed by atoms with Gasteiger partial charge in [-0.05, 0) is 49.9 Å². The average Bonchev–Trinajstić information content (AvgIpc) is 3.08. The Kier molecular flexibility index (Phi) is 7.17. The molecule has 9 heteroatoms. The number of hydrogen-bond donors (Lipinski definition) is 2. The molecule has 1 aromatic heterocycles. The molecular weight excluding hydrogens is 416 g/mol. The van der Waals surface area contributed by atoms with Crippen LogP contribution in [0.1, 0.15) is 47.3 Å². The second-order valence-electron chi connectivity index (χ2n) is 8.01. The van der Waals surface area contributed by atoms with E-state index in [9.17, 15) is 18.0 Å². The molecule has 2 heterocycles. The highest BCUT2D eigenvalue weighted by atomic mass is 32.2. The average molecular weight is 447 g/mol. The minimum atomic E-state index is -3.92. The number of aryl methyl sites for hydroxylation is 1. The summed E-state index contributed by atoms with van der Waals surface area (Å²) < 4.78 is 26.8. The van der Waals surface area contributed by atoms with E-state index in [0.717, 1.165) is 41.1 Å². The molecule has 168 valence electrons. The lowest BCUT2D eigenvalue weighted by Gasteiger charge is -2.19. The summed E-state index contributed by atoms with van der Waals surface area (Å²) in [5.74, 6) is -0.630. The van der Waals surface area contributed by atoms with E-state index in [2.05, 4.69) is 10.3 Å². The number of sulfonamides is 1. The summed E-state index contributed by atoms with van der Waals surface area (Å²) in [5.41, 5.74) is 2.87. The van der Waals surface area contributed by atoms with Crippen LogP contribution in [0.2, 0.25) is 0 Å². The van der Waals surface area contributed by atoms with Crippen molar-refractivity contribution in [3.8, 4) is 0 Å². The maximum absolute atomic E-state index is 12.9. The molecule has 1 saturated heterocycles. The Labute approximate surface area is 183 Å². The predicted octanol–water partition coefficient (Wildman–Crippen LogP) is 2.91. The number of likely N-dealkylation sites (tertiary alicyclic amines) is 1. The molecule has 0 bridgehead atoms. The molecule has 0 radical (unpaired) electrons. The molecule has 2 amide bonds.